The quantitative estimate of drug-likeness (QED) is 0.684. The summed E-state index contributed by atoms with van der Waals surface area (Å²) in [5, 5.41) is 0. The molecule has 13 heavy (non-hydrogen) atoms. The SMILES string of the molecule is CC12CC(c3ccnc(Br)c3)(C1)C2. The van der Waals surface area contributed by atoms with Crippen LogP contribution in [0.3, 0.4) is 0 Å². The molecule has 3 fully saturated rings. The van der Waals surface area contributed by atoms with Crippen LogP contribution in [0.15, 0.2) is 22.9 Å². The van der Waals surface area contributed by atoms with Crippen LogP contribution in [-0.4, -0.2) is 4.98 Å². The normalized spacial score (nSPS) is 40.8. The minimum atomic E-state index is 0.542. The summed E-state index contributed by atoms with van der Waals surface area (Å²) >= 11 is 3.43. The average molecular weight is 238 g/mol. The largest absolute Gasteiger partial charge is 0.249 e. The highest BCUT2D eigenvalue weighted by Crippen LogP contribution is 2.73. The van der Waals surface area contributed by atoms with Crippen molar-refractivity contribution >= 4 is 15.9 Å². The van der Waals surface area contributed by atoms with Crippen molar-refractivity contribution in [3.05, 3.63) is 28.5 Å². The van der Waals surface area contributed by atoms with Gasteiger partial charge < -0.3 is 0 Å². The summed E-state index contributed by atoms with van der Waals surface area (Å²) in [7, 11) is 0. The van der Waals surface area contributed by atoms with E-state index in [4.69, 9.17) is 0 Å². The van der Waals surface area contributed by atoms with Gasteiger partial charge in [-0.15, -0.1) is 0 Å². The average Bonchev–Trinajstić information content (AvgIpc) is 1.97. The first kappa shape index (κ1) is 7.98. The fourth-order valence-corrected chi connectivity index (χ4v) is 3.70. The van der Waals surface area contributed by atoms with Gasteiger partial charge in [-0.05, 0) is 63.7 Å². The van der Waals surface area contributed by atoms with Crippen LogP contribution < -0.4 is 0 Å². The molecule has 4 rings (SSSR count). The third kappa shape index (κ3) is 0.954. The lowest BCUT2D eigenvalue weighted by atomic mass is 9.34. The Hall–Kier alpha value is -0.370. The molecule has 3 aliphatic carbocycles. The van der Waals surface area contributed by atoms with Crippen molar-refractivity contribution in [2.45, 2.75) is 31.6 Å². The van der Waals surface area contributed by atoms with Crippen molar-refractivity contribution in [2.24, 2.45) is 5.41 Å². The van der Waals surface area contributed by atoms with Crippen LogP contribution in [0.1, 0.15) is 31.7 Å². The number of nitrogens with zero attached hydrogens (tertiary/aromatic N) is 1. The van der Waals surface area contributed by atoms with Crippen molar-refractivity contribution in [3.63, 3.8) is 0 Å². The summed E-state index contributed by atoms with van der Waals surface area (Å²) in [5.74, 6) is 0. The van der Waals surface area contributed by atoms with E-state index in [0.717, 1.165) is 4.60 Å². The first-order valence-corrected chi connectivity index (χ1v) is 5.53. The molecule has 0 N–H and O–H groups in total. The Morgan fingerprint density at radius 3 is 2.62 bits per heavy atom. The minimum Gasteiger partial charge on any atom is -0.249 e. The molecule has 0 aliphatic heterocycles. The monoisotopic (exact) mass is 237 g/mol. The number of hydrogen-bond donors (Lipinski definition) is 0. The molecular weight excluding hydrogens is 226 g/mol. The Bertz CT molecular complexity index is 352. The van der Waals surface area contributed by atoms with Gasteiger partial charge in [0.15, 0.2) is 0 Å². The van der Waals surface area contributed by atoms with Crippen molar-refractivity contribution in [1.82, 2.24) is 4.98 Å². The molecular formula is C11H12BrN. The summed E-state index contributed by atoms with van der Waals surface area (Å²) in [6, 6.07) is 4.35. The maximum atomic E-state index is 4.16. The standard InChI is InChI=1S/C11H12BrN/c1-10-5-11(6-10,7-10)8-2-3-13-9(12)4-8/h2-4H,5-7H2,1H3. The Labute approximate surface area is 86.7 Å². The van der Waals surface area contributed by atoms with Gasteiger partial charge in [-0.2, -0.15) is 0 Å². The van der Waals surface area contributed by atoms with E-state index in [9.17, 15) is 0 Å². The molecule has 2 bridgehead atoms. The van der Waals surface area contributed by atoms with Gasteiger partial charge in [-0.1, -0.05) is 6.92 Å². The van der Waals surface area contributed by atoms with Crippen LogP contribution in [-0.2, 0) is 5.41 Å². The summed E-state index contributed by atoms with van der Waals surface area (Å²) in [6.07, 6.45) is 6.06. The zero-order valence-electron chi connectivity index (χ0n) is 7.68. The van der Waals surface area contributed by atoms with E-state index < -0.39 is 0 Å². The molecule has 0 spiro atoms. The summed E-state index contributed by atoms with van der Waals surface area (Å²) in [5.41, 5.74) is 2.72. The van der Waals surface area contributed by atoms with Crippen LogP contribution >= 0.6 is 15.9 Å². The van der Waals surface area contributed by atoms with Crippen molar-refractivity contribution in [3.8, 4) is 0 Å². The second-order valence-corrected chi connectivity index (χ2v) is 5.80. The predicted octanol–water partition coefficient (Wildman–Crippen LogP) is 3.29. The number of pyridine rings is 1. The van der Waals surface area contributed by atoms with Crippen molar-refractivity contribution in [2.75, 3.05) is 0 Å². The van der Waals surface area contributed by atoms with Gasteiger partial charge in [0.2, 0.25) is 0 Å². The number of hydrogen-bond acceptors (Lipinski definition) is 1. The van der Waals surface area contributed by atoms with Crippen LogP contribution in [0, 0.1) is 5.41 Å². The Kier molecular flexibility index (Phi) is 1.33. The first-order chi connectivity index (χ1) is 6.12. The molecule has 0 radical (unpaired) electrons. The Morgan fingerprint density at radius 2 is 2.08 bits per heavy atom. The predicted molar refractivity (Wildman–Crippen MR) is 55.6 cm³/mol. The van der Waals surface area contributed by atoms with Crippen LogP contribution in [0.5, 0.6) is 0 Å². The molecule has 1 aromatic rings. The third-order valence-electron chi connectivity index (χ3n) is 3.63. The fraction of sp³-hybridized carbons (Fsp3) is 0.545. The maximum absolute atomic E-state index is 4.16. The van der Waals surface area contributed by atoms with E-state index in [0.29, 0.717) is 10.8 Å². The van der Waals surface area contributed by atoms with Gasteiger partial charge in [-0.3, -0.25) is 0 Å². The Morgan fingerprint density at radius 1 is 1.38 bits per heavy atom. The molecule has 0 saturated heterocycles. The van der Waals surface area contributed by atoms with Crippen LogP contribution in [0.25, 0.3) is 0 Å². The molecule has 68 valence electrons. The molecule has 1 heterocycles. The lowest BCUT2D eigenvalue weighted by Crippen LogP contribution is -2.62. The highest BCUT2D eigenvalue weighted by atomic mass is 79.9. The molecule has 1 nitrogen and oxygen atoms in total. The molecule has 1 aromatic heterocycles. The lowest BCUT2D eigenvalue weighted by molar-refractivity contribution is -0.125. The second-order valence-electron chi connectivity index (χ2n) is 4.99. The van der Waals surface area contributed by atoms with E-state index in [-0.39, 0.29) is 0 Å². The van der Waals surface area contributed by atoms with Crippen LogP contribution in [0.4, 0.5) is 0 Å². The molecule has 0 unspecified atom stereocenters. The molecule has 3 saturated carbocycles. The smallest absolute Gasteiger partial charge is 0.106 e. The van der Waals surface area contributed by atoms with Crippen molar-refractivity contribution < 1.29 is 0 Å². The molecule has 0 aromatic carbocycles. The maximum Gasteiger partial charge on any atom is 0.106 e. The fourth-order valence-electron chi connectivity index (χ4n) is 3.33. The Balaban J connectivity index is 1.95. The zero-order chi connectivity index (χ0) is 9.10. The molecule has 0 amide bonds. The number of aromatic nitrogens is 1. The molecule has 0 atom stereocenters. The first-order valence-electron chi connectivity index (χ1n) is 4.74. The summed E-state index contributed by atoms with van der Waals surface area (Å²) in [6.45, 7) is 2.39. The van der Waals surface area contributed by atoms with Gasteiger partial charge in [0.05, 0.1) is 0 Å². The van der Waals surface area contributed by atoms with Crippen molar-refractivity contribution in [1.29, 1.82) is 0 Å². The van der Waals surface area contributed by atoms with Gasteiger partial charge in [0.25, 0.3) is 0 Å². The summed E-state index contributed by atoms with van der Waals surface area (Å²) in [4.78, 5) is 4.16. The summed E-state index contributed by atoms with van der Waals surface area (Å²) < 4.78 is 0.972. The minimum absolute atomic E-state index is 0.542. The second kappa shape index (κ2) is 2.17. The lowest BCUT2D eigenvalue weighted by Gasteiger charge is -2.70. The highest BCUT2D eigenvalue weighted by molar-refractivity contribution is 9.10. The van der Waals surface area contributed by atoms with Gasteiger partial charge in [0.1, 0.15) is 4.60 Å². The van der Waals surface area contributed by atoms with E-state index in [2.05, 4.69) is 40.0 Å². The molecule has 3 aliphatic rings. The number of halogens is 1. The van der Waals surface area contributed by atoms with Crippen LogP contribution in [0.2, 0.25) is 0 Å². The van der Waals surface area contributed by atoms with Gasteiger partial charge >= 0.3 is 0 Å². The van der Waals surface area contributed by atoms with Gasteiger partial charge in [-0.25, -0.2) is 4.98 Å². The molecule has 2 heteroatoms. The van der Waals surface area contributed by atoms with E-state index in [1.165, 1.54) is 24.8 Å². The third-order valence-corrected chi connectivity index (χ3v) is 4.07. The van der Waals surface area contributed by atoms with E-state index in [1.807, 2.05) is 6.20 Å². The number of rotatable bonds is 1. The van der Waals surface area contributed by atoms with Gasteiger partial charge in [0, 0.05) is 6.20 Å². The van der Waals surface area contributed by atoms with E-state index >= 15 is 0 Å². The highest BCUT2D eigenvalue weighted by Gasteiger charge is 2.65. The van der Waals surface area contributed by atoms with E-state index in [1.54, 1.807) is 0 Å². The topological polar surface area (TPSA) is 12.9 Å². The zero-order valence-corrected chi connectivity index (χ0v) is 9.26.